The molecule has 0 radical (unpaired) electrons. The standard InChI is InChI=1S/C9H19N2O3P/c12-15(13,14)11-7-3-9(4-8-11)10-5-1-2-6-10/h9H,1-8H2,(H2,12,13,14). The van der Waals surface area contributed by atoms with Crippen molar-refractivity contribution in [2.45, 2.75) is 31.7 Å². The molecule has 0 aliphatic carbocycles. The number of piperidine rings is 1. The van der Waals surface area contributed by atoms with Crippen LogP contribution in [-0.2, 0) is 4.57 Å². The molecule has 2 aliphatic rings. The van der Waals surface area contributed by atoms with Crippen LogP contribution in [0, 0.1) is 0 Å². The third kappa shape index (κ3) is 2.80. The maximum absolute atomic E-state index is 11.0. The molecule has 0 spiro atoms. The van der Waals surface area contributed by atoms with Crippen molar-refractivity contribution in [1.82, 2.24) is 9.57 Å². The number of likely N-dealkylation sites (tertiary alicyclic amines) is 1. The average Bonchev–Trinajstić information content (AvgIpc) is 2.69. The Morgan fingerprint density at radius 3 is 2.00 bits per heavy atom. The van der Waals surface area contributed by atoms with E-state index in [0.29, 0.717) is 19.1 Å². The molecule has 0 unspecified atom stereocenters. The highest BCUT2D eigenvalue weighted by Crippen LogP contribution is 2.42. The summed E-state index contributed by atoms with van der Waals surface area (Å²) in [7, 11) is -3.98. The van der Waals surface area contributed by atoms with Gasteiger partial charge >= 0.3 is 7.75 Å². The molecular formula is C9H19N2O3P. The van der Waals surface area contributed by atoms with Crippen molar-refractivity contribution in [2.75, 3.05) is 26.2 Å². The van der Waals surface area contributed by atoms with E-state index in [0.717, 1.165) is 12.8 Å². The molecule has 2 saturated heterocycles. The van der Waals surface area contributed by atoms with E-state index in [9.17, 15) is 4.57 Å². The molecule has 0 amide bonds. The first kappa shape index (κ1) is 11.6. The maximum atomic E-state index is 11.0. The van der Waals surface area contributed by atoms with E-state index >= 15 is 0 Å². The summed E-state index contributed by atoms with van der Waals surface area (Å²) < 4.78 is 12.3. The minimum absolute atomic E-state index is 0.533. The summed E-state index contributed by atoms with van der Waals surface area (Å²) in [6, 6.07) is 0.551. The molecule has 6 heteroatoms. The first-order valence-corrected chi connectivity index (χ1v) is 7.19. The predicted octanol–water partition coefficient (Wildman–Crippen LogP) is 0.639. The fourth-order valence-corrected chi connectivity index (χ4v) is 3.34. The Morgan fingerprint density at radius 2 is 1.53 bits per heavy atom. The molecule has 2 N–H and O–H groups in total. The molecular weight excluding hydrogens is 215 g/mol. The van der Waals surface area contributed by atoms with Crippen molar-refractivity contribution in [2.24, 2.45) is 0 Å². The van der Waals surface area contributed by atoms with Gasteiger partial charge in [0.25, 0.3) is 0 Å². The van der Waals surface area contributed by atoms with Crippen LogP contribution in [0.5, 0.6) is 0 Å². The minimum atomic E-state index is -3.98. The lowest BCUT2D eigenvalue weighted by Gasteiger charge is -2.36. The van der Waals surface area contributed by atoms with Crippen molar-refractivity contribution >= 4 is 7.75 Å². The van der Waals surface area contributed by atoms with Crippen LogP contribution in [0.2, 0.25) is 0 Å². The van der Waals surface area contributed by atoms with Crippen LogP contribution in [0.3, 0.4) is 0 Å². The fourth-order valence-electron chi connectivity index (χ4n) is 2.58. The van der Waals surface area contributed by atoms with E-state index in [2.05, 4.69) is 4.90 Å². The minimum Gasteiger partial charge on any atom is -0.312 e. The van der Waals surface area contributed by atoms with E-state index < -0.39 is 7.75 Å². The van der Waals surface area contributed by atoms with Crippen molar-refractivity contribution < 1.29 is 14.4 Å². The Hall–Kier alpha value is 0.0700. The van der Waals surface area contributed by atoms with E-state index in [-0.39, 0.29) is 0 Å². The SMILES string of the molecule is O=P(O)(O)N1CCC(N2CCCC2)CC1. The monoisotopic (exact) mass is 234 g/mol. The molecule has 2 fully saturated rings. The molecule has 0 aromatic carbocycles. The van der Waals surface area contributed by atoms with Gasteiger partial charge in [-0.05, 0) is 38.8 Å². The normalized spacial score (nSPS) is 27.3. The van der Waals surface area contributed by atoms with Crippen LogP contribution < -0.4 is 0 Å². The van der Waals surface area contributed by atoms with Crippen LogP contribution in [0.1, 0.15) is 25.7 Å². The van der Waals surface area contributed by atoms with E-state index in [1.165, 1.54) is 30.6 Å². The summed E-state index contributed by atoms with van der Waals surface area (Å²) in [5.41, 5.74) is 0. The van der Waals surface area contributed by atoms with Crippen molar-refractivity contribution in [3.05, 3.63) is 0 Å². The molecule has 2 aliphatic heterocycles. The Labute approximate surface area is 90.3 Å². The average molecular weight is 234 g/mol. The van der Waals surface area contributed by atoms with Gasteiger partial charge in [-0.1, -0.05) is 0 Å². The quantitative estimate of drug-likeness (QED) is 0.686. The van der Waals surface area contributed by atoms with Crippen LogP contribution in [0.25, 0.3) is 0 Å². The Balaban J connectivity index is 1.84. The molecule has 0 aromatic heterocycles. The Kier molecular flexibility index (Phi) is 3.48. The van der Waals surface area contributed by atoms with E-state index in [1.807, 2.05) is 0 Å². The van der Waals surface area contributed by atoms with Crippen LogP contribution in [-0.4, -0.2) is 51.6 Å². The zero-order valence-electron chi connectivity index (χ0n) is 8.88. The molecule has 5 nitrogen and oxygen atoms in total. The highest BCUT2D eigenvalue weighted by molar-refractivity contribution is 7.49. The highest BCUT2D eigenvalue weighted by atomic mass is 31.2. The first-order valence-electron chi connectivity index (χ1n) is 5.62. The summed E-state index contributed by atoms with van der Waals surface area (Å²) in [6.45, 7) is 3.40. The lowest BCUT2D eigenvalue weighted by Crippen LogP contribution is -2.42. The lowest BCUT2D eigenvalue weighted by atomic mass is 10.1. The molecule has 0 saturated carbocycles. The van der Waals surface area contributed by atoms with Crippen LogP contribution >= 0.6 is 7.75 Å². The lowest BCUT2D eigenvalue weighted by molar-refractivity contribution is 0.149. The summed E-state index contributed by atoms with van der Waals surface area (Å²) in [4.78, 5) is 20.5. The van der Waals surface area contributed by atoms with Gasteiger partial charge in [0.2, 0.25) is 0 Å². The smallest absolute Gasteiger partial charge is 0.312 e. The van der Waals surface area contributed by atoms with Gasteiger partial charge in [0.1, 0.15) is 0 Å². The van der Waals surface area contributed by atoms with Crippen molar-refractivity contribution in [3.8, 4) is 0 Å². The van der Waals surface area contributed by atoms with E-state index in [1.54, 1.807) is 0 Å². The highest BCUT2D eigenvalue weighted by Gasteiger charge is 2.32. The van der Waals surface area contributed by atoms with Gasteiger partial charge in [-0.2, -0.15) is 0 Å². The fraction of sp³-hybridized carbons (Fsp3) is 1.00. The number of rotatable bonds is 2. The number of hydrogen-bond donors (Lipinski definition) is 2. The topological polar surface area (TPSA) is 64.0 Å². The van der Waals surface area contributed by atoms with Gasteiger partial charge in [-0.15, -0.1) is 0 Å². The molecule has 0 bridgehead atoms. The second-order valence-electron chi connectivity index (χ2n) is 4.44. The van der Waals surface area contributed by atoms with E-state index in [4.69, 9.17) is 9.79 Å². The third-order valence-electron chi connectivity index (χ3n) is 3.47. The number of hydrogen-bond acceptors (Lipinski definition) is 2. The predicted molar refractivity (Wildman–Crippen MR) is 57.4 cm³/mol. The number of nitrogens with zero attached hydrogens (tertiary/aromatic N) is 2. The van der Waals surface area contributed by atoms with Crippen LogP contribution in [0.4, 0.5) is 0 Å². The van der Waals surface area contributed by atoms with Gasteiger partial charge in [0, 0.05) is 19.1 Å². The zero-order chi connectivity index (χ0) is 10.9. The molecule has 15 heavy (non-hydrogen) atoms. The Morgan fingerprint density at radius 1 is 1.00 bits per heavy atom. The zero-order valence-corrected chi connectivity index (χ0v) is 9.77. The second kappa shape index (κ2) is 4.52. The van der Waals surface area contributed by atoms with Crippen LogP contribution in [0.15, 0.2) is 0 Å². The summed E-state index contributed by atoms with van der Waals surface area (Å²) in [6.07, 6.45) is 4.34. The van der Waals surface area contributed by atoms with Gasteiger partial charge in [-0.3, -0.25) is 0 Å². The first-order chi connectivity index (χ1) is 7.07. The van der Waals surface area contributed by atoms with Gasteiger partial charge < -0.3 is 14.7 Å². The van der Waals surface area contributed by atoms with Gasteiger partial charge in [0.15, 0.2) is 0 Å². The second-order valence-corrected chi connectivity index (χ2v) is 6.03. The summed E-state index contributed by atoms with van der Waals surface area (Å²) in [5.74, 6) is 0. The largest absolute Gasteiger partial charge is 0.402 e. The summed E-state index contributed by atoms with van der Waals surface area (Å²) >= 11 is 0. The Bertz CT molecular complexity index is 254. The molecule has 88 valence electrons. The van der Waals surface area contributed by atoms with Gasteiger partial charge in [0.05, 0.1) is 0 Å². The molecule has 2 heterocycles. The molecule has 0 aromatic rings. The van der Waals surface area contributed by atoms with Crippen molar-refractivity contribution in [3.63, 3.8) is 0 Å². The van der Waals surface area contributed by atoms with Gasteiger partial charge in [-0.25, -0.2) is 9.24 Å². The summed E-state index contributed by atoms with van der Waals surface area (Å²) in [5, 5.41) is 0. The maximum Gasteiger partial charge on any atom is 0.402 e. The van der Waals surface area contributed by atoms with Crippen molar-refractivity contribution in [1.29, 1.82) is 0 Å². The molecule has 2 rings (SSSR count). The molecule has 0 atom stereocenters. The third-order valence-corrected chi connectivity index (χ3v) is 4.60.